The lowest BCUT2D eigenvalue weighted by atomic mass is 9.47. The van der Waals surface area contributed by atoms with Gasteiger partial charge in [-0.1, -0.05) is 6.42 Å². The summed E-state index contributed by atoms with van der Waals surface area (Å²) in [5.41, 5.74) is -0.413. The summed E-state index contributed by atoms with van der Waals surface area (Å²) < 4.78 is 5.24. The molecule has 2 atom stereocenters. The van der Waals surface area contributed by atoms with Gasteiger partial charge in [0.15, 0.2) is 0 Å². The summed E-state index contributed by atoms with van der Waals surface area (Å²) in [5.74, 6) is 0.135. The molecule has 0 aliphatic heterocycles. The standard InChI is InChI=1S/C13H21NO3/c1-12(2,3)17-11(16)14-10-7-9(8-15)13(10)5-4-6-13/h8-10H,4-7H2,1-3H3,(H,14,16). The van der Waals surface area contributed by atoms with Gasteiger partial charge in [0.25, 0.3) is 0 Å². The summed E-state index contributed by atoms with van der Waals surface area (Å²) in [5, 5.41) is 2.91. The summed E-state index contributed by atoms with van der Waals surface area (Å²) in [4.78, 5) is 22.6. The molecule has 0 saturated heterocycles. The van der Waals surface area contributed by atoms with Gasteiger partial charge in [0.2, 0.25) is 0 Å². The zero-order chi connectivity index (χ0) is 12.7. The Bertz CT molecular complexity index is 328. The van der Waals surface area contributed by atoms with Crippen LogP contribution in [0.5, 0.6) is 0 Å². The summed E-state index contributed by atoms with van der Waals surface area (Å²) in [6.45, 7) is 5.54. The fourth-order valence-electron chi connectivity index (χ4n) is 2.97. The molecule has 1 spiro atoms. The van der Waals surface area contributed by atoms with Crippen molar-refractivity contribution in [1.82, 2.24) is 5.32 Å². The molecule has 0 heterocycles. The SMILES string of the molecule is CC(C)(C)OC(=O)NC1CC(C=O)C12CCC2. The monoisotopic (exact) mass is 239 g/mol. The minimum absolute atomic E-state index is 0.0542. The van der Waals surface area contributed by atoms with Crippen molar-refractivity contribution in [3.8, 4) is 0 Å². The molecule has 2 aliphatic carbocycles. The summed E-state index contributed by atoms with van der Waals surface area (Å²) in [7, 11) is 0. The predicted octanol–water partition coefficient (Wildman–Crippen LogP) is 2.27. The van der Waals surface area contributed by atoms with Gasteiger partial charge in [0.1, 0.15) is 11.9 Å². The Hall–Kier alpha value is -1.06. The largest absolute Gasteiger partial charge is 0.444 e. The van der Waals surface area contributed by atoms with Crippen LogP contribution >= 0.6 is 0 Å². The zero-order valence-corrected chi connectivity index (χ0v) is 10.8. The quantitative estimate of drug-likeness (QED) is 0.752. The lowest BCUT2D eigenvalue weighted by Gasteiger charge is -2.59. The van der Waals surface area contributed by atoms with Gasteiger partial charge in [-0.15, -0.1) is 0 Å². The number of carbonyl (C=O) groups excluding carboxylic acids is 2. The highest BCUT2D eigenvalue weighted by Gasteiger charge is 2.58. The van der Waals surface area contributed by atoms with Crippen LogP contribution in [0.4, 0.5) is 4.79 Å². The van der Waals surface area contributed by atoms with E-state index in [-0.39, 0.29) is 23.5 Å². The molecule has 2 rings (SSSR count). The summed E-state index contributed by atoms with van der Waals surface area (Å²) in [6, 6.07) is 0.126. The van der Waals surface area contributed by atoms with Crippen LogP contribution in [0.25, 0.3) is 0 Å². The van der Waals surface area contributed by atoms with Crippen LogP contribution in [0.3, 0.4) is 0 Å². The number of aldehydes is 1. The van der Waals surface area contributed by atoms with Crippen LogP contribution in [0.2, 0.25) is 0 Å². The Morgan fingerprint density at radius 1 is 1.41 bits per heavy atom. The Morgan fingerprint density at radius 2 is 2.06 bits per heavy atom. The van der Waals surface area contributed by atoms with E-state index < -0.39 is 5.60 Å². The van der Waals surface area contributed by atoms with E-state index in [9.17, 15) is 9.59 Å². The molecule has 4 heteroatoms. The highest BCUT2D eigenvalue weighted by atomic mass is 16.6. The second-order valence-corrected chi connectivity index (χ2v) is 6.26. The van der Waals surface area contributed by atoms with Gasteiger partial charge in [0, 0.05) is 17.4 Å². The lowest BCUT2D eigenvalue weighted by Crippen LogP contribution is -2.64. The number of ether oxygens (including phenoxy) is 1. The van der Waals surface area contributed by atoms with E-state index in [2.05, 4.69) is 5.32 Å². The maximum Gasteiger partial charge on any atom is 0.407 e. The molecule has 96 valence electrons. The van der Waals surface area contributed by atoms with Crippen molar-refractivity contribution < 1.29 is 14.3 Å². The van der Waals surface area contributed by atoms with Crippen LogP contribution < -0.4 is 5.32 Å². The molecule has 17 heavy (non-hydrogen) atoms. The number of nitrogens with one attached hydrogen (secondary N) is 1. The fraction of sp³-hybridized carbons (Fsp3) is 0.846. The smallest absolute Gasteiger partial charge is 0.407 e. The van der Waals surface area contributed by atoms with Crippen LogP contribution in [0.15, 0.2) is 0 Å². The molecule has 0 bridgehead atoms. The van der Waals surface area contributed by atoms with Crippen LogP contribution in [-0.4, -0.2) is 24.0 Å². The van der Waals surface area contributed by atoms with E-state index in [1.807, 2.05) is 20.8 Å². The van der Waals surface area contributed by atoms with Gasteiger partial charge in [-0.25, -0.2) is 4.79 Å². The summed E-state index contributed by atoms with van der Waals surface area (Å²) in [6.07, 6.45) is 4.72. The van der Waals surface area contributed by atoms with Gasteiger partial charge in [0.05, 0.1) is 0 Å². The summed E-state index contributed by atoms with van der Waals surface area (Å²) >= 11 is 0. The molecule has 2 fully saturated rings. The minimum Gasteiger partial charge on any atom is -0.444 e. The van der Waals surface area contributed by atoms with E-state index in [0.717, 1.165) is 32.0 Å². The number of amides is 1. The van der Waals surface area contributed by atoms with Gasteiger partial charge >= 0.3 is 6.09 Å². The van der Waals surface area contributed by atoms with Gasteiger partial charge in [-0.05, 0) is 40.0 Å². The Kier molecular flexibility index (Phi) is 2.92. The van der Waals surface area contributed by atoms with Crippen molar-refractivity contribution in [3.05, 3.63) is 0 Å². The first-order valence-electron chi connectivity index (χ1n) is 6.32. The third kappa shape index (κ3) is 2.17. The average molecular weight is 239 g/mol. The van der Waals surface area contributed by atoms with Gasteiger partial charge in [-0.2, -0.15) is 0 Å². The van der Waals surface area contributed by atoms with Crippen molar-refractivity contribution in [2.75, 3.05) is 0 Å². The van der Waals surface area contributed by atoms with Crippen molar-refractivity contribution in [1.29, 1.82) is 0 Å². The fourth-order valence-corrected chi connectivity index (χ4v) is 2.97. The number of rotatable bonds is 2. The second-order valence-electron chi connectivity index (χ2n) is 6.26. The van der Waals surface area contributed by atoms with Crippen molar-refractivity contribution in [2.24, 2.45) is 11.3 Å². The van der Waals surface area contributed by atoms with Crippen LogP contribution in [0, 0.1) is 11.3 Å². The third-order valence-electron chi connectivity index (χ3n) is 4.06. The van der Waals surface area contributed by atoms with Crippen molar-refractivity contribution in [2.45, 2.75) is 58.1 Å². The molecule has 0 radical (unpaired) electrons. The average Bonchev–Trinajstić information content (AvgIpc) is 2.05. The number of carbonyl (C=O) groups is 2. The van der Waals surface area contributed by atoms with Crippen molar-refractivity contribution in [3.63, 3.8) is 0 Å². The zero-order valence-electron chi connectivity index (χ0n) is 10.8. The van der Waals surface area contributed by atoms with E-state index in [1.54, 1.807) is 0 Å². The Balaban J connectivity index is 1.89. The number of alkyl carbamates (subject to hydrolysis) is 1. The first-order chi connectivity index (χ1) is 7.87. The molecular weight excluding hydrogens is 218 g/mol. The number of hydrogen-bond acceptors (Lipinski definition) is 3. The molecular formula is C13H21NO3. The van der Waals surface area contributed by atoms with Gasteiger partial charge in [-0.3, -0.25) is 0 Å². The highest BCUT2D eigenvalue weighted by molar-refractivity contribution is 5.69. The molecule has 2 saturated carbocycles. The topological polar surface area (TPSA) is 55.4 Å². The molecule has 4 nitrogen and oxygen atoms in total. The van der Waals surface area contributed by atoms with Gasteiger partial charge < -0.3 is 14.8 Å². The Morgan fingerprint density at radius 3 is 2.47 bits per heavy atom. The highest BCUT2D eigenvalue weighted by Crippen LogP contribution is 2.59. The second kappa shape index (κ2) is 4.00. The maximum atomic E-state index is 11.7. The van der Waals surface area contributed by atoms with E-state index in [1.165, 1.54) is 0 Å². The first-order valence-corrected chi connectivity index (χ1v) is 6.32. The molecule has 1 N–H and O–H groups in total. The molecule has 1 amide bonds. The lowest BCUT2D eigenvalue weighted by molar-refractivity contribution is -0.135. The normalized spacial score (nSPS) is 30.1. The van der Waals surface area contributed by atoms with Crippen LogP contribution in [0.1, 0.15) is 46.5 Å². The number of hydrogen-bond donors (Lipinski definition) is 1. The Labute approximate surface area is 102 Å². The first kappa shape index (κ1) is 12.4. The predicted molar refractivity (Wildman–Crippen MR) is 63.6 cm³/mol. The molecule has 2 aliphatic rings. The minimum atomic E-state index is -0.468. The van der Waals surface area contributed by atoms with Crippen LogP contribution in [-0.2, 0) is 9.53 Å². The third-order valence-corrected chi connectivity index (χ3v) is 4.06. The van der Waals surface area contributed by atoms with E-state index >= 15 is 0 Å². The van der Waals surface area contributed by atoms with Crippen molar-refractivity contribution >= 4 is 12.4 Å². The molecule has 0 aromatic heterocycles. The molecule has 2 unspecified atom stereocenters. The molecule has 0 aromatic rings. The van der Waals surface area contributed by atoms with E-state index in [4.69, 9.17) is 4.74 Å². The van der Waals surface area contributed by atoms with E-state index in [0.29, 0.717) is 0 Å². The molecule has 0 aromatic carbocycles. The maximum absolute atomic E-state index is 11.7.